The lowest BCUT2D eigenvalue weighted by Gasteiger charge is -2.33. The van der Waals surface area contributed by atoms with E-state index >= 15 is 0 Å². The van der Waals surface area contributed by atoms with Gasteiger partial charge in [0, 0.05) is 12.1 Å². The molecule has 3 fully saturated rings. The molecule has 3 unspecified atom stereocenters. The monoisotopic (exact) mass is 322 g/mol. The van der Waals surface area contributed by atoms with E-state index in [1.807, 2.05) is 4.90 Å². The predicted octanol–water partition coefficient (Wildman–Crippen LogP) is 2.40. The number of carboxylic acids is 1. The molecule has 1 saturated heterocycles. The summed E-state index contributed by atoms with van der Waals surface area (Å²) in [6.45, 7) is 2.52. The number of hydrogen-bond donors (Lipinski definition) is 2. The zero-order valence-corrected chi connectivity index (χ0v) is 14.2. The van der Waals surface area contributed by atoms with Gasteiger partial charge in [0.05, 0.1) is 6.54 Å². The lowest BCUT2D eigenvalue weighted by molar-refractivity contribution is -0.143. The highest BCUT2D eigenvalue weighted by molar-refractivity contribution is 5.80. The summed E-state index contributed by atoms with van der Waals surface area (Å²) in [6, 6.07) is 0.106. The second-order valence-corrected chi connectivity index (χ2v) is 7.90. The van der Waals surface area contributed by atoms with E-state index in [1.54, 1.807) is 0 Å². The summed E-state index contributed by atoms with van der Waals surface area (Å²) in [7, 11) is 0. The molecule has 0 aromatic rings. The summed E-state index contributed by atoms with van der Waals surface area (Å²) in [4.78, 5) is 26.0. The summed E-state index contributed by atoms with van der Waals surface area (Å²) in [6.07, 6.45) is 9.71. The number of carboxylic acid groups (broad SMARTS) is 1. The average Bonchev–Trinajstić information content (AvgIpc) is 2.89. The SMILES string of the molecule is CC1CCC(NC(=O)CN2C(C(=O)O)CC3CCCCC32)CC1. The Balaban J connectivity index is 1.57. The van der Waals surface area contributed by atoms with Gasteiger partial charge in [-0.05, 0) is 56.8 Å². The number of fused-ring (bicyclic) bond motifs is 1. The molecule has 3 aliphatic rings. The molecule has 5 heteroatoms. The third kappa shape index (κ3) is 3.87. The molecule has 0 aromatic carbocycles. The number of amides is 1. The van der Waals surface area contributed by atoms with Crippen LogP contribution in [0, 0.1) is 11.8 Å². The maximum Gasteiger partial charge on any atom is 0.320 e. The third-order valence-electron chi connectivity index (χ3n) is 6.21. The lowest BCUT2D eigenvalue weighted by Crippen LogP contribution is -2.49. The van der Waals surface area contributed by atoms with Crippen LogP contribution in [0.2, 0.25) is 0 Å². The van der Waals surface area contributed by atoms with E-state index in [0.717, 1.165) is 38.0 Å². The molecule has 1 aliphatic heterocycles. The maximum atomic E-state index is 12.4. The van der Waals surface area contributed by atoms with Gasteiger partial charge in [-0.2, -0.15) is 0 Å². The summed E-state index contributed by atoms with van der Waals surface area (Å²) in [5.41, 5.74) is 0. The third-order valence-corrected chi connectivity index (χ3v) is 6.21. The number of nitrogens with one attached hydrogen (secondary N) is 1. The van der Waals surface area contributed by atoms with Gasteiger partial charge in [0.2, 0.25) is 5.91 Å². The predicted molar refractivity (Wildman–Crippen MR) is 88.1 cm³/mol. The first-order chi connectivity index (χ1) is 11.0. The van der Waals surface area contributed by atoms with Crippen molar-refractivity contribution >= 4 is 11.9 Å². The van der Waals surface area contributed by atoms with Gasteiger partial charge in [0.15, 0.2) is 0 Å². The van der Waals surface area contributed by atoms with Crippen molar-refractivity contribution in [3.8, 4) is 0 Å². The zero-order valence-electron chi connectivity index (χ0n) is 14.2. The molecular weight excluding hydrogens is 292 g/mol. The lowest BCUT2D eigenvalue weighted by atomic mass is 9.85. The molecule has 2 N–H and O–H groups in total. The first kappa shape index (κ1) is 16.7. The van der Waals surface area contributed by atoms with E-state index in [-0.39, 0.29) is 18.5 Å². The molecule has 3 rings (SSSR count). The zero-order chi connectivity index (χ0) is 16.4. The second kappa shape index (κ2) is 7.20. The number of carbonyl (C=O) groups is 2. The van der Waals surface area contributed by atoms with Crippen LogP contribution in [-0.4, -0.2) is 46.6 Å². The highest BCUT2D eigenvalue weighted by atomic mass is 16.4. The minimum atomic E-state index is -0.765. The van der Waals surface area contributed by atoms with E-state index in [4.69, 9.17) is 0 Å². The van der Waals surface area contributed by atoms with Crippen molar-refractivity contribution in [2.45, 2.75) is 82.8 Å². The molecule has 130 valence electrons. The fourth-order valence-corrected chi connectivity index (χ4v) is 4.87. The molecule has 0 aromatic heterocycles. The minimum absolute atomic E-state index is 0.0158. The van der Waals surface area contributed by atoms with Crippen molar-refractivity contribution in [3.05, 3.63) is 0 Å². The molecule has 3 atom stereocenters. The van der Waals surface area contributed by atoms with Crippen molar-refractivity contribution in [2.24, 2.45) is 11.8 Å². The Morgan fingerprint density at radius 1 is 1.09 bits per heavy atom. The molecule has 23 heavy (non-hydrogen) atoms. The number of nitrogens with zero attached hydrogens (tertiary/aromatic N) is 1. The van der Waals surface area contributed by atoms with E-state index < -0.39 is 12.0 Å². The minimum Gasteiger partial charge on any atom is -0.480 e. The maximum absolute atomic E-state index is 12.4. The Morgan fingerprint density at radius 2 is 1.78 bits per heavy atom. The Hall–Kier alpha value is -1.10. The average molecular weight is 322 g/mol. The van der Waals surface area contributed by atoms with E-state index in [1.165, 1.54) is 19.3 Å². The summed E-state index contributed by atoms with van der Waals surface area (Å²) in [5.74, 6) is 0.481. The Morgan fingerprint density at radius 3 is 2.48 bits per heavy atom. The molecule has 0 spiro atoms. The van der Waals surface area contributed by atoms with E-state index in [9.17, 15) is 14.7 Å². The molecule has 2 saturated carbocycles. The highest BCUT2D eigenvalue weighted by Crippen LogP contribution is 2.39. The van der Waals surface area contributed by atoms with Crippen molar-refractivity contribution in [1.82, 2.24) is 10.2 Å². The van der Waals surface area contributed by atoms with Crippen LogP contribution in [0.4, 0.5) is 0 Å². The van der Waals surface area contributed by atoms with Gasteiger partial charge in [-0.1, -0.05) is 19.8 Å². The van der Waals surface area contributed by atoms with E-state index in [0.29, 0.717) is 18.4 Å². The van der Waals surface area contributed by atoms with Gasteiger partial charge in [-0.15, -0.1) is 0 Å². The van der Waals surface area contributed by atoms with Gasteiger partial charge < -0.3 is 10.4 Å². The second-order valence-electron chi connectivity index (χ2n) is 7.90. The number of carbonyl (C=O) groups excluding carboxylic acids is 1. The first-order valence-corrected chi connectivity index (χ1v) is 9.32. The van der Waals surface area contributed by atoms with Crippen LogP contribution in [0.1, 0.15) is 64.7 Å². The first-order valence-electron chi connectivity index (χ1n) is 9.32. The number of rotatable bonds is 4. The van der Waals surface area contributed by atoms with Crippen molar-refractivity contribution in [1.29, 1.82) is 0 Å². The van der Waals surface area contributed by atoms with Crippen molar-refractivity contribution in [3.63, 3.8) is 0 Å². The summed E-state index contributed by atoms with van der Waals surface area (Å²) in [5, 5.41) is 12.7. The molecule has 0 bridgehead atoms. The van der Waals surface area contributed by atoms with Gasteiger partial charge >= 0.3 is 5.97 Å². The smallest absolute Gasteiger partial charge is 0.320 e. The quantitative estimate of drug-likeness (QED) is 0.834. The van der Waals surface area contributed by atoms with Crippen LogP contribution >= 0.6 is 0 Å². The fraction of sp³-hybridized carbons (Fsp3) is 0.889. The molecule has 2 aliphatic carbocycles. The van der Waals surface area contributed by atoms with E-state index in [2.05, 4.69) is 12.2 Å². The van der Waals surface area contributed by atoms with Crippen LogP contribution in [0.25, 0.3) is 0 Å². The number of hydrogen-bond acceptors (Lipinski definition) is 3. The molecule has 1 amide bonds. The van der Waals surface area contributed by atoms with Crippen LogP contribution < -0.4 is 5.32 Å². The highest BCUT2D eigenvalue weighted by Gasteiger charge is 2.45. The summed E-state index contributed by atoms with van der Waals surface area (Å²) < 4.78 is 0. The van der Waals surface area contributed by atoms with Crippen LogP contribution in [-0.2, 0) is 9.59 Å². The van der Waals surface area contributed by atoms with Crippen LogP contribution in [0.15, 0.2) is 0 Å². The molecule has 1 heterocycles. The molecule has 5 nitrogen and oxygen atoms in total. The fourth-order valence-electron chi connectivity index (χ4n) is 4.87. The van der Waals surface area contributed by atoms with Crippen molar-refractivity contribution in [2.75, 3.05) is 6.54 Å². The molecule has 0 radical (unpaired) electrons. The van der Waals surface area contributed by atoms with Gasteiger partial charge in [0.1, 0.15) is 6.04 Å². The number of aliphatic carboxylic acids is 1. The van der Waals surface area contributed by atoms with Gasteiger partial charge in [-0.25, -0.2) is 0 Å². The molecular formula is C18H30N2O3. The Bertz CT molecular complexity index is 446. The van der Waals surface area contributed by atoms with Crippen LogP contribution in [0.5, 0.6) is 0 Å². The standard InChI is InChI=1S/C18H30N2O3/c1-12-6-8-14(9-7-12)19-17(21)11-20-15-5-3-2-4-13(15)10-16(20)18(22)23/h12-16H,2-11H2,1H3,(H,19,21)(H,22,23). The largest absolute Gasteiger partial charge is 0.480 e. The normalized spacial score (nSPS) is 38.0. The van der Waals surface area contributed by atoms with Crippen LogP contribution in [0.3, 0.4) is 0 Å². The van der Waals surface area contributed by atoms with Gasteiger partial charge in [-0.3, -0.25) is 14.5 Å². The van der Waals surface area contributed by atoms with Gasteiger partial charge in [0.25, 0.3) is 0 Å². The Labute approximate surface area is 138 Å². The number of likely N-dealkylation sites (tertiary alicyclic amines) is 1. The topological polar surface area (TPSA) is 69.6 Å². The van der Waals surface area contributed by atoms with Crippen molar-refractivity contribution < 1.29 is 14.7 Å². The Kier molecular flexibility index (Phi) is 5.24. The summed E-state index contributed by atoms with van der Waals surface area (Å²) >= 11 is 0.